The van der Waals surface area contributed by atoms with Crippen molar-refractivity contribution in [1.29, 1.82) is 0 Å². The van der Waals surface area contributed by atoms with E-state index in [-0.39, 0.29) is 17.2 Å². The molecule has 3 aromatic heterocycles. The van der Waals surface area contributed by atoms with Crippen molar-refractivity contribution in [3.05, 3.63) is 138 Å². The Hall–Kier alpha value is -5.57. The molecule has 0 atom stereocenters. The minimum Gasteiger partial charge on any atom is -0.307 e. The molecule has 0 N–H and O–H groups in total. The summed E-state index contributed by atoms with van der Waals surface area (Å²) in [6.07, 6.45) is -8.49. The second kappa shape index (κ2) is 10.5. The highest BCUT2D eigenvalue weighted by molar-refractivity contribution is 6.11. The molecule has 0 aliphatic rings. The molecule has 0 spiro atoms. The van der Waals surface area contributed by atoms with Gasteiger partial charge in [-0.05, 0) is 80.1 Å². The summed E-state index contributed by atoms with van der Waals surface area (Å²) in [5.74, 6) is 0.353. The van der Waals surface area contributed by atoms with Crippen LogP contribution >= 0.6 is 0 Å². The van der Waals surface area contributed by atoms with Crippen molar-refractivity contribution in [2.24, 2.45) is 0 Å². The molecule has 0 aliphatic carbocycles. The summed E-state index contributed by atoms with van der Waals surface area (Å²) in [4.78, 5) is 4.86. The highest BCUT2D eigenvalue weighted by atomic mass is 19.4. The van der Waals surface area contributed by atoms with Crippen LogP contribution in [-0.2, 0) is 12.4 Å². The summed E-state index contributed by atoms with van der Waals surface area (Å²) in [6, 6.07) is 30.4. The van der Waals surface area contributed by atoms with Gasteiger partial charge in [0.05, 0.1) is 45.1 Å². The SMILES string of the molecule is Cc1ccc2c(c1)c1ccccc1n2-c1cc(-c2cc(C(F)(F)F)cc(C(F)(F)F)c2)c(-n2c3ccccc3c3cc(C)ccc32)cn1. The zero-order chi connectivity index (χ0) is 33.5. The molecule has 0 amide bonds. The first-order valence-corrected chi connectivity index (χ1v) is 15.2. The maximum Gasteiger partial charge on any atom is 0.416 e. The molecule has 0 bridgehead atoms. The number of aromatic nitrogens is 3. The Bertz CT molecular complexity index is 2540. The highest BCUT2D eigenvalue weighted by Gasteiger charge is 2.37. The van der Waals surface area contributed by atoms with Gasteiger partial charge in [-0.2, -0.15) is 26.3 Å². The van der Waals surface area contributed by atoms with Crippen LogP contribution in [0.25, 0.3) is 66.2 Å². The fourth-order valence-electron chi connectivity index (χ4n) is 6.76. The molecule has 0 fully saturated rings. The number of aryl methyl sites for hydroxylation is 2. The van der Waals surface area contributed by atoms with E-state index in [0.29, 0.717) is 11.5 Å². The molecule has 0 saturated carbocycles. The molecule has 0 aliphatic heterocycles. The van der Waals surface area contributed by atoms with Crippen molar-refractivity contribution in [3.8, 4) is 22.6 Å². The predicted molar refractivity (Wildman–Crippen MR) is 178 cm³/mol. The lowest BCUT2D eigenvalue weighted by atomic mass is 9.98. The number of halogens is 6. The molecule has 238 valence electrons. The van der Waals surface area contributed by atoms with Crippen LogP contribution in [0.15, 0.2) is 115 Å². The standard InChI is InChI=1S/C39H25F6N3/c1-22-11-13-34-30(15-22)27-7-3-5-9-32(27)47(34)36-21-46-37(48-33-10-6-4-8-28(33)31-16-23(2)12-14-35(31)48)20-29(36)24-17-25(38(40,41)42)19-26(18-24)39(43,44)45/h3-21H,1-2H3. The third kappa shape index (κ3) is 4.72. The average Bonchev–Trinajstić information content (AvgIpc) is 3.55. The smallest absolute Gasteiger partial charge is 0.307 e. The normalized spacial score (nSPS) is 12.6. The van der Waals surface area contributed by atoms with Gasteiger partial charge in [-0.1, -0.05) is 59.7 Å². The Morgan fingerprint density at radius 3 is 1.52 bits per heavy atom. The van der Waals surface area contributed by atoms with E-state index in [9.17, 15) is 26.3 Å². The Kier molecular flexibility index (Phi) is 6.50. The Morgan fingerprint density at radius 1 is 0.500 bits per heavy atom. The van der Waals surface area contributed by atoms with E-state index in [4.69, 9.17) is 4.98 Å². The minimum absolute atomic E-state index is 0.157. The maximum absolute atomic E-state index is 14.2. The van der Waals surface area contributed by atoms with Crippen LogP contribution in [0.2, 0.25) is 0 Å². The number of fused-ring (bicyclic) bond motifs is 6. The van der Waals surface area contributed by atoms with Gasteiger partial charge in [-0.15, -0.1) is 0 Å². The predicted octanol–water partition coefficient (Wildman–Crippen LogP) is 11.6. The van der Waals surface area contributed by atoms with Gasteiger partial charge in [0.15, 0.2) is 0 Å². The number of alkyl halides is 6. The third-order valence-corrected chi connectivity index (χ3v) is 8.89. The fourth-order valence-corrected chi connectivity index (χ4v) is 6.76. The summed E-state index contributed by atoms with van der Waals surface area (Å²) in [7, 11) is 0. The lowest BCUT2D eigenvalue weighted by Gasteiger charge is -2.19. The van der Waals surface area contributed by atoms with Crippen molar-refractivity contribution in [3.63, 3.8) is 0 Å². The van der Waals surface area contributed by atoms with Crippen molar-refractivity contribution in [1.82, 2.24) is 14.1 Å². The van der Waals surface area contributed by atoms with E-state index in [1.807, 2.05) is 108 Å². The molecule has 0 unspecified atom stereocenters. The summed E-state index contributed by atoms with van der Waals surface area (Å²) in [6.45, 7) is 3.94. The number of hydrogen-bond donors (Lipinski definition) is 0. The van der Waals surface area contributed by atoms with Gasteiger partial charge in [0.25, 0.3) is 0 Å². The first-order valence-electron chi connectivity index (χ1n) is 15.2. The quantitative estimate of drug-likeness (QED) is 0.175. The van der Waals surface area contributed by atoms with Crippen LogP contribution in [0, 0.1) is 13.8 Å². The van der Waals surface area contributed by atoms with Gasteiger partial charge in [0, 0.05) is 27.1 Å². The zero-order valence-corrected chi connectivity index (χ0v) is 25.6. The Morgan fingerprint density at radius 2 is 0.979 bits per heavy atom. The molecular formula is C39H25F6N3. The van der Waals surface area contributed by atoms with Crippen LogP contribution in [0.5, 0.6) is 0 Å². The van der Waals surface area contributed by atoms with Crippen molar-refractivity contribution in [2.45, 2.75) is 26.2 Å². The van der Waals surface area contributed by atoms with E-state index in [1.165, 1.54) is 0 Å². The van der Waals surface area contributed by atoms with Gasteiger partial charge in [-0.25, -0.2) is 4.98 Å². The highest BCUT2D eigenvalue weighted by Crippen LogP contribution is 2.43. The second-order valence-corrected chi connectivity index (χ2v) is 12.1. The number of nitrogens with zero attached hydrogens (tertiary/aromatic N) is 3. The monoisotopic (exact) mass is 649 g/mol. The van der Waals surface area contributed by atoms with Crippen molar-refractivity contribution in [2.75, 3.05) is 0 Å². The first-order chi connectivity index (χ1) is 22.9. The van der Waals surface area contributed by atoms with Crippen LogP contribution in [0.1, 0.15) is 22.3 Å². The van der Waals surface area contributed by atoms with E-state index < -0.39 is 23.5 Å². The summed E-state index contributed by atoms with van der Waals surface area (Å²) >= 11 is 0. The largest absolute Gasteiger partial charge is 0.416 e. The molecule has 8 aromatic rings. The molecular weight excluding hydrogens is 624 g/mol. The lowest BCUT2D eigenvalue weighted by molar-refractivity contribution is -0.143. The molecule has 0 saturated heterocycles. The van der Waals surface area contributed by atoms with Crippen LogP contribution in [0.4, 0.5) is 26.3 Å². The number of rotatable bonds is 3. The first kappa shape index (κ1) is 29.8. The Labute approximate surface area is 270 Å². The van der Waals surface area contributed by atoms with Crippen molar-refractivity contribution >= 4 is 43.6 Å². The number of para-hydroxylation sites is 2. The Balaban J connectivity index is 1.51. The second-order valence-electron chi connectivity index (χ2n) is 12.1. The summed E-state index contributed by atoms with van der Waals surface area (Å²) < 4.78 is 88.8. The van der Waals surface area contributed by atoms with Gasteiger partial charge in [0.2, 0.25) is 0 Å². The van der Waals surface area contributed by atoms with Gasteiger partial charge >= 0.3 is 12.4 Å². The van der Waals surface area contributed by atoms with Gasteiger partial charge in [-0.3, -0.25) is 4.57 Å². The van der Waals surface area contributed by atoms with Gasteiger partial charge < -0.3 is 4.57 Å². The van der Waals surface area contributed by atoms with E-state index in [2.05, 4.69) is 0 Å². The minimum atomic E-state index is -5.01. The molecule has 9 heteroatoms. The van der Waals surface area contributed by atoms with E-state index in [0.717, 1.165) is 66.9 Å². The molecule has 5 aromatic carbocycles. The number of benzene rings is 5. The average molecular weight is 650 g/mol. The van der Waals surface area contributed by atoms with E-state index >= 15 is 0 Å². The number of hydrogen-bond acceptors (Lipinski definition) is 1. The third-order valence-electron chi connectivity index (χ3n) is 8.89. The molecule has 3 nitrogen and oxygen atoms in total. The van der Waals surface area contributed by atoms with Gasteiger partial charge in [0.1, 0.15) is 5.82 Å². The van der Waals surface area contributed by atoms with Crippen LogP contribution in [0.3, 0.4) is 0 Å². The zero-order valence-electron chi connectivity index (χ0n) is 25.6. The summed E-state index contributed by atoms with van der Waals surface area (Å²) in [5.41, 5.74) is 2.65. The summed E-state index contributed by atoms with van der Waals surface area (Å²) in [5, 5.41) is 3.69. The fraction of sp³-hybridized carbons (Fsp3) is 0.103. The molecule has 8 rings (SSSR count). The van der Waals surface area contributed by atoms with E-state index in [1.54, 1.807) is 12.3 Å². The topological polar surface area (TPSA) is 22.8 Å². The molecule has 3 heterocycles. The molecule has 48 heavy (non-hydrogen) atoms. The number of pyridine rings is 1. The van der Waals surface area contributed by atoms with Crippen molar-refractivity contribution < 1.29 is 26.3 Å². The van der Waals surface area contributed by atoms with Crippen LogP contribution in [-0.4, -0.2) is 14.1 Å². The maximum atomic E-state index is 14.2. The van der Waals surface area contributed by atoms with Crippen LogP contribution < -0.4 is 0 Å². The molecule has 0 radical (unpaired) electrons. The lowest BCUT2D eigenvalue weighted by Crippen LogP contribution is -2.11.